The van der Waals surface area contributed by atoms with Gasteiger partial charge in [-0.25, -0.2) is 14.0 Å². The van der Waals surface area contributed by atoms with E-state index in [0.29, 0.717) is 13.0 Å². The molecule has 0 aliphatic rings. The van der Waals surface area contributed by atoms with Gasteiger partial charge in [-0.1, -0.05) is 48.0 Å². The molecule has 0 fully saturated rings. The van der Waals surface area contributed by atoms with Crippen molar-refractivity contribution in [3.8, 4) is 0 Å². The zero-order valence-electron chi connectivity index (χ0n) is 22.2. The largest absolute Gasteiger partial charge is 0.461 e. The number of ether oxygens (including phenoxy) is 3. The molecule has 0 unspecified atom stereocenters. The molecule has 194 valence electrons. The van der Waals surface area contributed by atoms with Crippen molar-refractivity contribution in [3.05, 3.63) is 71.5 Å². The van der Waals surface area contributed by atoms with Gasteiger partial charge in [-0.05, 0) is 73.1 Å². The fourth-order valence-electron chi connectivity index (χ4n) is 3.02. The number of aryl methyl sites for hydroxylation is 1. The van der Waals surface area contributed by atoms with Crippen molar-refractivity contribution in [2.24, 2.45) is 0 Å². The molecular weight excluding hydrogens is 449 g/mol. The van der Waals surface area contributed by atoms with Crippen molar-refractivity contribution < 1.29 is 28.2 Å². The summed E-state index contributed by atoms with van der Waals surface area (Å²) in [5, 5.41) is 2.48. The van der Waals surface area contributed by atoms with Crippen LogP contribution in [0.2, 0.25) is 0 Å². The summed E-state index contributed by atoms with van der Waals surface area (Å²) < 4.78 is 28.6. The topological polar surface area (TPSA) is 73.9 Å². The first kappa shape index (κ1) is 30.1. The minimum Gasteiger partial charge on any atom is -0.461 e. The fraction of sp³-hybridized carbons (Fsp3) is 0.500. The number of carbonyl (C=O) groups is 2. The van der Waals surface area contributed by atoms with Crippen LogP contribution >= 0.6 is 0 Å². The lowest BCUT2D eigenvalue weighted by Gasteiger charge is -2.29. The lowest BCUT2D eigenvalue weighted by molar-refractivity contribution is -0.154. The van der Waals surface area contributed by atoms with E-state index in [1.165, 1.54) is 12.1 Å². The number of amides is 1. The molecule has 0 heterocycles. The monoisotopic (exact) mass is 489 g/mol. The Morgan fingerprint density at radius 1 is 0.943 bits per heavy atom. The molecule has 1 amide bonds. The second-order valence-corrected chi connectivity index (χ2v) is 10.1. The minimum absolute atomic E-state index is 0.171. The fourth-order valence-corrected chi connectivity index (χ4v) is 3.02. The average Bonchev–Trinajstić information content (AvgIpc) is 2.73. The summed E-state index contributed by atoms with van der Waals surface area (Å²) in [4.78, 5) is 23.9. The van der Waals surface area contributed by atoms with Crippen molar-refractivity contribution in [2.75, 3.05) is 0 Å². The van der Waals surface area contributed by atoms with Gasteiger partial charge in [-0.15, -0.1) is 0 Å². The highest BCUT2D eigenvalue weighted by Gasteiger charge is 2.27. The highest BCUT2D eigenvalue weighted by atomic mass is 19.1. The molecule has 2 rings (SSSR count). The normalized spacial score (nSPS) is 13.1. The van der Waals surface area contributed by atoms with Gasteiger partial charge < -0.3 is 19.5 Å². The van der Waals surface area contributed by atoms with E-state index < -0.39 is 29.3 Å². The van der Waals surface area contributed by atoms with Gasteiger partial charge in [-0.3, -0.25) is 0 Å². The van der Waals surface area contributed by atoms with Crippen LogP contribution in [0.25, 0.3) is 0 Å². The van der Waals surface area contributed by atoms with Crippen LogP contribution in [-0.2, 0) is 25.6 Å². The van der Waals surface area contributed by atoms with Gasteiger partial charge in [0.25, 0.3) is 0 Å². The number of hydrogen-bond acceptors (Lipinski definition) is 5. The predicted octanol–water partition coefficient (Wildman–Crippen LogP) is 6.35. The lowest BCUT2D eigenvalue weighted by Crippen LogP contribution is -2.43. The van der Waals surface area contributed by atoms with Gasteiger partial charge in [0.2, 0.25) is 0 Å². The van der Waals surface area contributed by atoms with Gasteiger partial charge in [0, 0.05) is 6.42 Å². The van der Waals surface area contributed by atoms with Crippen molar-refractivity contribution in [3.63, 3.8) is 0 Å². The van der Waals surface area contributed by atoms with Gasteiger partial charge in [0.15, 0.2) is 0 Å². The molecule has 1 N–H and O–H groups in total. The smallest absolute Gasteiger partial charge is 0.408 e. The van der Waals surface area contributed by atoms with Crippen LogP contribution in [0.4, 0.5) is 9.18 Å². The third-order valence-electron chi connectivity index (χ3n) is 4.67. The molecule has 7 heteroatoms. The number of rotatable bonds is 8. The molecular formula is C28H40FNO5. The van der Waals surface area contributed by atoms with Crippen molar-refractivity contribution in [2.45, 2.75) is 91.8 Å². The van der Waals surface area contributed by atoms with Crippen molar-refractivity contribution in [1.82, 2.24) is 5.32 Å². The summed E-state index contributed by atoms with van der Waals surface area (Å²) in [6.45, 7) is 15.0. The second-order valence-electron chi connectivity index (χ2n) is 10.1. The third-order valence-corrected chi connectivity index (χ3v) is 4.67. The molecule has 0 aromatic heterocycles. The molecule has 0 saturated carbocycles. The third kappa shape index (κ3) is 14.2. The highest BCUT2D eigenvalue weighted by Crippen LogP contribution is 2.21. The van der Waals surface area contributed by atoms with E-state index in [9.17, 15) is 14.0 Å². The molecule has 2 atom stereocenters. The highest BCUT2D eigenvalue weighted by molar-refractivity contribution is 5.81. The molecule has 0 spiro atoms. The number of esters is 1. The van der Waals surface area contributed by atoms with Gasteiger partial charge in [0.1, 0.15) is 23.6 Å². The number of nitrogens with one attached hydrogen (secondary N) is 1. The maximum atomic E-state index is 12.2. The Hall–Kier alpha value is -2.93. The first-order chi connectivity index (χ1) is 16.2. The van der Waals surface area contributed by atoms with Crippen LogP contribution in [-0.4, -0.2) is 35.4 Å². The maximum Gasteiger partial charge on any atom is 0.408 e. The lowest BCUT2D eigenvalue weighted by atomic mass is 10.0. The minimum atomic E-state index is -0.796. The second kappa shape index (κ2) is 13.8. The summed E-state index contributed by atoms with van der Waals surface area (Å²) in [6.07, 6.45) is -0.470. The number of benzene rings is 2. The van der Waals surface area contributed by atoms with Crippen LogP contribution in [0.5, 0.6) is 0 Å². The zero-order valence-corrected chi connectivity index (χ0v) is 22.2. The standard InChI is InChI=1S/C21H33NO5.C7H7F/c1-15(13-21(6,7)25-14-17-11-9-8-10-12-17)26-18(23)16(2)22-19(24)27-20(3,4)5;1-6-2-4-7(8)5-3-6/h8-12,15-16H,13-14H2,1-7H3,(H,22,24);2-5H,1H3/t15-,16-;/m0./s1. The Kier molecular flexibility index (Phi) is 11.9. The van der Waals surface area contributed by atoms with Gasteiger partial charge >= 0.3 is 12.1 Å². The SMILES string of the molecule is C[C@H](NC(=O)OC(C)(C)C)C(=O)O[C@@H](C)CC(C)(C)OCc1ccccc1.Cc1ccc(F)cc1. The van der Waals surface area contributed by atoms with E-state index in [1.807, 2.05) is 58.0 Å². The Morgan fingerprint density at radius 2 is 1.51 bits per heavy atom. The first-order valence-electron chi connectivity index (χ1n) is 11.8. The van der Waals surface area contributed by atoms with Crippen LogP contribution in [0.3, 0.4) is 0 Å². The molecule has 0 aliphatic carbocycles. The van der Waals surface area contributed by atoms with Crippen molar-refractivity contribution >= 4 is 12.1 Å². The molecule has 0 radical (unpaired) electrons. The summed E-state index contributed by atoms with van der Waals surface area (Å²) in [5.74, 6) is -0.678. The molecule has 0 saturated heterocycles. The Morgan fingerprint density at radius 3 is 2.03 bits per heavy atom. The molecule has 2 aromatic carbocycles. The van der Waals surface area contributed by atoms with E-state index in [-0.39, 0.29) is 11.9 Å². The van der Waals surface area contributed by atoms with Crippen LogP contribution in [0, 0.1) is 12.7 Å². The summed E-state index contributed by atoms with van der Waals surface area (Å²) in [6, 6.07) is 15.5. The number of hydrogen-bond donors (Lipinski definition) is 1. The molecule has 2 aromatic rings. The van der Waals surface area contributed by atoms with Crippen LogP contribution < -0.4 is 5.32 Å². The first-order valence-corrected chi connectivity index (χ1v) is 11.8. The molecule has 0 bridgehead atoms. The van der Waals surface area contributed by atoms with Gasteiger partial charge in [0.05, 0.1) is 12.2 Å². The Bertz CT molecular complexity index is 886. The maximum absolute atomic E-state index is 12.2. The number of carbonyl (C=O) groups excluding carboxylic acids is 2. The number of alkyl carbamates (subject to hydrolysis) is 1. The van der Waals surface area contributed by atoms with E-state index in [2.05, 4.69) is 5.32 Å². The van der Waals surface area contributed by atoms with E-state index >= 15 is 0 Å². The predicted molar refractivity (Wildman–Crippen MR) is 135 cm³/mol. The average molecular weight is 490 g/mol. The van der Waals surface area contributed by atoms with Crippen molar-refractivity contribution in [1.29, 1.82) is 0 Å². The summed E-state index contributed by atoms with van der Waals surface area (Å²) in [7, 11) is 0. The molecule has 6 nitrogen and oxygen atoms in total. The van der Waals surface area contributed by atoms with Crippen LogP contribution in [0.15, 0.2) is 54.6 Å². The molecule has 0 aliphatic heterocycles. The Balaban J connectivity index is 0.000000642. The van der Waals surface area contributed by atoms with E-state index in [1.54, 1.807) is 39.8 Å². The quantitative estimate of drug-likeness (QED) is 0.437. The number of halogens is 1. The Labute approximate surface area is 209 Å². The zero-order chi connectivity index (χ0) is 26.6. The molecule has 35 heavy (non-hydrogen) atoms. The van der Waals surface area contributed by atoms with E-state index in [0.717, 1.165) is 11.1 Å². The van der Waals surface area contributed by atoms with Gasteiger partial charge in [-0.2, -0.15) is 0 Å². The summed E-state index contributed by atoms with van der Waals surface area (Å²) >= 11 is 0. The summed E-state index contributed by atoms with van der Waals surface area (Å²) in [5.41, 5.74) is 1.09. The van der Waals surface area contributed by atoms with E-state index in [4.69, 9.17) is 14.2 Å². The van der Waals surface area contributed by atoms with Crippen LogP contribution in [0.1, 0.15) is 66.0 Å².